The highest BCUT2D eigenvalue weighted by Crippen LogP contribution is 2.20. The lowest BCUT2D eigenvalue weighted by molar-refractivity contribution is 0.107. The summed E-state index contributed by atoms with van der Waals surface area (Å²) in [5, 5.41) is -0.152. The van der Waals surface area contributed by atoms with Crippen LogP contribution in [0.5, 0.6) is 0 Å². The molecule has 1 aliphatic rings. The third-order valence-corrected chi connectivity index (χ3v) is 4.89. The molecule has 2 N–H and O–H groups in total. The van der Waals surface area contributed by atoms with Gasteiger partial charge in [-0.2, -0.15) is 0 Å². The molecule has 19 heavy (non-hydrogen) atoms. The van der Waals surface area contributed by atoms with Crippen LogP contribution in [0.2, 0.25) is 5.02 Å². The number of rotatable bonds is 4. The SMILES string of the molecule is CC1OCCC1CNS(=O)(=O)c1c[nH]c(=O)c(Cl)c1. The maximum atomic E-state index is 12.0. The average molecular weight is 307 g/mol. The van der Waals surface area contributed by atoms with Crippen molar-refractivity contribution in [2.45, 2.75) is 24.3 Å². The Balaban J connectivity index is 2.09. The number of aromatic nitrogens is 1. The summed E-state index contributed by atoms with van der Waals surface area (Å²) in [7, 11) is -3.67. The molecule has 0 amide bonds. The van der Waals surface area contributed by atoms with Crippen LogP contribution in [0.25, 0.3) is 0 Å². The van der Waals surface area contributed by atoms with Crippen molar-refractivity contribution in [3.05, 3.63) is 27.6 Å². The topological polar surface area (TPSA) is 88.3 Å². The second-order valence-corrected chi connectivity index (χ2v) is 6.66. The lowest BCUT2D eigenvalue weighted by Crippen LogP contribution is -2.32. The minimum absolute atomic E-state index is 0.0434. The number of hydrogen-bond donors (Lipinski definition) is 2. The van der Waals surface area contributed by atoms with Crippen LogP contribution < -0.4 is 10.3 Å². The first kappa shape index (κ1) is 14.5. The molecule has 106 valence electrons. The van der Waals surface area contributed by atoms with Gasteiger partial charge in [-0.15, -0.1) is 0 Å². The van der Waals surface area contributed by atoms with Gasteiger partial charge in [0.05, 0.1) is 11.0 Å². The molecule has 0 bridgehead atoms. The molecule has 1 aliphatic heterocycles. The zero-order valence-electron chi connectivity index (χ0n) is 10.3. The zero-order chi connectivity index (χ0) is 14.0. The standard InChI is InChI=1S/C11H15ClN2O4S/c1-7-8(2-3-18-7)5-14-19(16,17)9-4-10(12)11(15)13-6-9/h4,6-8,14H,2-3,5H2,1H3,(H,13,15). The number of ether oxygens (including phenoxy) is 1. The molecular formula is C11H15ClN2O4S. The Hall–Kier alpha value is -0.890. The Kier molecular flexibility index (Phi) is 4.29. The van der Waals surface area contributed by atoms with E-state index in [0.717, 1.165) is 18.7 Å². The van der Waals surface area contributed by atoms with Crippen molar-refractivity contribution in [3.63, 3.8) is 0 Å². The van der Waals surface area contributed by atoms with Crippen molar-refractivity contribution in [3.8, 4) is 0 Å². The molecule has 1 aromatic heterocycles. The summed E-state index contributed by atoms with van der Waals surface area (Å²) in [6.45, 7) is 2.88. The summed E-state index contributed by atoms with van der Waals surface area (Å²) in [5.74, 6) is 0.160. The molecule has 1 fully saturated rings. The summed E-state index contributed by atoms with van der Waals surface area (Å²) in [6, 6.07) is 1.14. The van der Waals surface area contributed by atoms with Gasteiger partial charge in [0, 0.05) is 25.3 Å². The predicted octanol–water partition coefficient (Wildman–Crippen LogP) is 0.732. The third kappa shape index (κ3) is 3.36. The van der Waals surface area contributed by atoms with Crippen molar-refractivity contribution in [2.75, 3.05) is 13.2 Å². The molecule has 0 spiro atoms. The molecule has 0 radical (unpaired) electrons. The second kappa shape index (κ2) is 5.62. The molecule has 6 nitrogen and oxygen atoms in total. The highest BCUT2D eigenvalue weighted by molar-refractivity contribution is 7.89. The van der Waals surface area contributed by atoms with Gasteiger partial charge >= 0.3 is 0 Å². The summed E-state index contributed by atoms with van der Waals surface area (Å²) >= 11 is 5.61. The molecule has 2 rings (SSSR count). The van der Waals surface area contributed by atoms with Crippen LogP contribution in [0.15, 0.2) is 22.0 Å². The van der Waals surface area contributed by atoms with E-state index in [9.17, 15) is 13.2 Å². The fraction of sp³-hybridized carbons (Fsp3) is 0.545. The number of nitrogens with one attached hydrogen (secondary N) is 2. The van der Waals surface area contributed by atoms with Crippen LogP contribution in [0, 0.1) is 5.92 Å². The van der Waals surface area contributed by atoms with E-state index in [1.54, 1.807) is 0 Å². The minimum Gasteiger partial charge on any atom is -0.378 e. The molecule has 1 aromatic rings. The van der Waals surface area contributed by atoms with E-state index in [2.05, 4.69) is 9.71 Å². The normalized spacial score (nSPS) is 23.7. The molecule has 0 saturated carbocycles. The summed E-state index contributed by atoms with van der Waals surface area (Å²) in [6.07, 6.45) is 2.00. The van der Waals surface area contributed by atoms with Crippen molar-refractivity contribution in [2.24, 2.45) is 5.92 Å². The second-order valence-electron chi connectivity index (χ2n) is 4.49. The molecule has 0 aromatic carbocycles. The van der Waals surface area contributed by atoms with E-state index in [1.807, 2.05) is 6.92 Å². The van der Waals surface area contributed by atoms with E-state index in [1.165, 1.54) is 0 Å². The van der Waals surface area contributed by atoms with Gasteiger partial charge < -0.3 is 9.72 Å². The molecule has 2 heterocycles. The fourth-order valence-electron chi connectivity index (χ4n) is 1.94. The molecule has 8 heteroatoms. The van der Waals surface area contributed by atoms with Crippen LogP contribution in [0.3, 0.4) is 0 Å². The number of aromatic amines is 1. The van der Waals surface area contributed by atoms with E-state index >= 15 is 0 Å². The molecule has 1 saturated heterocycles. The maximum Gasteiger partial charge on any atom is 0.266 e. The van der Waals surface area contributed by atoms with Gasteiger partial charge in [0.15, 0.2) is 0 Å². The Bertz CT molecular complexity index is 613. The van der Waals surface area contributed by atoms with Crippen LogP contribution in [-0.4, -0.2) is 32.7 Å². The van der Waals surface area contributed by atoms with E-state index in [-0.39, 0.29) is 21.9 Å². The summed E-state index contributed by atoms with van der Waals surface area (Å²) < 4.78 is 31.9. The molecule has 2 atom stereocenters. The Morgan fingerprint density at radius 3 is 2.89 bits per heavy atom. The smallest absolute Gasteiger partial charge is 0.266 e. The Morgan fingerprint density at radius 2 is 2.32 bits per heavy atom. The van der Waals surface area contributed by atoms with Crippen LogP contribution in [0.1, 0.15) is 13.3 Å². The van der Waals surface area contributed by atoms with Crippen molar-refractivity contribution >= 4 is 21.6 Å². The lowest BCUT2D eigenvalue weighted by atomic mass is 10.0. The highest BCUT2D eigenvalue weighted by Gasteiger charge is 2.26. The number of halogens is 1. The van der Waals surface area contributed by atoms with Crippen LogP contribution in [0.4, 0.5) is 0 Å². The van der Waals surface area contributed by atoms with Crippen molar-refractivity contribution in [1.29, 1.82) is 0 Å². The zero-order valence-corrected chi connectivity index (χ0v) is 11.9. The van der Waals surface area contributed by atoms with Gasteiger partial charge in [0.25, 0.3) is 5.56 Å². The van der Waals surface area contributed by atoms with Crippen LogP contribution in [-0.2, 0) is 14.8 Å². The largest absolute Gasteiger partial charge is 0.378 e. The quantitative estimate of drug-likeness (QED) is 0.858. The van der Waals surface area contributed by atoms with Gasteiger partial charge in [-0.05, 0) is 19.4 Å². The first-order valence-electron chi connectivity index (χ1n) is 5.89. The summed E-state index contributed by atoms with van der Waals surface area (Å²) in [5.41, 5.74) is -0.515. The van der Waals surface area contributed by atoms with E-state index in [0.29, 0.717) is 13.2 Å². The average Bonchev–Trinajstić information content (AvgIpc) is 2.76. The Morgan fingerprint density at radius 1 is 1.58 bits per heavy atom. The van der Waals surface area contributed by atoms with Crippen molar-refractivity contribution < 1.29 is 13.2 Å². The van der Waals surface area contributed by atoms with Gasteiger partial charge in [-0.3, -0.25) is 4.79 Å². The van der Waals surface area contributed by atoms with Crippen molar-refractivity contribution in [1.82, 2.24) is 9.71 Å². The number of H-pyrrole nitrogens is 1. The number of pyridine rings is 1. The first-order valence-corrected chi connectivity index (χ1v) is 7.76. The molecule has 0 aliphatic carbocycles. The lowest BCUT2D eigenvalue weighted by Gasteiger charge is -2.14. The maximum absolute atomic E-state index is 12.0. The van der Waals surface area contributed by atoms with Gasteiger partial charge in [0.2, 0.25) is 10.0 Å². The fourth-order valence-corrected chi connectivity index (χ4v) is 3.26. The Labute approximate surface area is 116 Å². The number of hydrogen-bond acceptors (Lipinski definition) is 4. The van der Waals surface area contributed by atoms with Gasteiger partial charge in [-0.1, -0.05) is 11.6 Å². The molecule has 2 unspecified atom stereocenters. The first-order chi connectivity index (χ1) is 8.90. The van der Waals surface area contributed by atoms with Gasteiger partial charge in [-0.25, -0.2) is 13.1 Å². The van der Waals surface area contributed by atoms with Crippen LogP contribution >= 0.6 is 11.6 Å². The predicted molar refractivity (Wildman–Crippen MR) is 70.8 cm³/mol. The van der Waals surface area contributed by atoms with E-state index < -0.39 is 15.6 Å². The summed E-state index contributed by atoms with van der Waals surface area (Å²) in [4.78, 5) is 13.3. The van der Waals surface area contributed by atoms with E-state index in [4.69, 9.17) is 16.3 Å². The third-order valence-electron chi connectivity index (χ3n) is 3.21. The monoisotopic (exact) mass is 306 g/mol. The number of sulfonamides is 1. The minimum atomic E-state index is -3.67. The molecular weight excluding hydrogens is 292 g/mol. The van der Waals surface area contributed by atoms with Gasteiger partial charge in [0.1, 0.15) is 5.02 Å². The highest BCUT2D eigenvalue weighted by atomic mass is 35.5.